The van der Waals surface area contributed by atoms with Crippen LogP contribution in [0.4, 0.5) is 10.1 Å². The summed E-state index contributed by atoms with van der Waals surface area (Å²) in [7, 11) is 0. The molecule has 0 aliphatic rings. The van der Waals surface area contributed by atoms with Crippen molar-refractivity contribution in [1.82, 2.24) is 5.32 Å². The van der Waals surface area contributed by atoms with Gasteiger partial charge in [-0.3, -0.25) is 4.79 Å². The average molecular weight is 256 g/mol. The van der Waals surface area contributed by atoms with Crippen LogP contribution in [0.2, 0.25) is 0 Å². The van der Waals surface area contributed by atoms with Gasteiger partial charge in [-0.2, -0.15) is 11.8 Å². The van der Waals surface area contributed by atoms with Crippen LogP contribution in [0, 0.1) is 5.82 Å². The maximum absolute atomic E-state index is 12.9. The van der Waals surface area contributed by atoms with Crippen LogP contribution in [0.3, 0.4) is 0 Å². The third-order valence-corrected chi connectivity index (χ3v) is 3.03. The van der Waals surface area contributed by atoms with Crippen molar-refractivity contribution in [2.75, 3.05) is 17.7 Å². The first-order chi connectivity index (χ1) is 8.04. The Hall–Kier alpha value is -1.23. The quantitative estimate of drug-likeness (QED) is 0.795. The number of carbonyl (C=O) groups excluding carboxylic acids is 1. The van der Waals surface area contributed by atoms with E-state index < -0.39 is 5.82 Å². The summed E-state index contributed by atoms with van der Waals surface area (Å²) in [5.74, 6) is 0.273. The molecule has 0 radical (unpaired) electrons. The zero-order valence-electron chi connectivity index (χ0n) is 10.00. The normalized spacial score (nSPS) is 12.2. The molecule has 5 heteroatoms. The van der Waals surface area contributed by atoms with Gasteiger partial charge in [-0.25, -0.2) is 4.39 Å². The molecule has 0 saturated heterocycles. The predicted molar refractivity (Wildman–Crippen MR) is 70.7 cm³/mol. The minimum atomic E-state index is -0.503. The topological polar surface area (TPSA) is 55.1 Å². The zero-order valence-corrected chi connectivity index (χ0v) is 10.8. The standard InChI is InChI=1S/C12H17FN2OS/c1-8(5-6-17-2)15-12(16)9-3-4-10(13)11(14)7-9/h3-4,7-8H,5-6,14H2,1-2H3,(H,15,16). The molecule has 1 unspecified atom stereocenters. The summed E-state index contributed by atoms with van der Waals surface area (Å²) in [5, 5.41) is 2.85. The summed E-state index contributed by atoms with van der Waals surface area (Å²) < 4.78 is 12.9. The van der Waals surface area contributed by atoms with Crippen LogP contribution in [-0.2, 0) is 0 Å². The van der Waals surface area contributed by atoms with Gasteiger partial charge in [-0.15, -0.1) is 0 Å². The van der Waals surface area contributed by atoms with Crippen molar-refractivity contribution >= 4 is 23.4 Å². The number of thioether (sulfide) groups is 1. The molecule has 0 bridgehead atoms. The molecule has 0 heterocycles. The number of anilines is 1. The first-order valence-corrected chi connectivity index (χ1v) is 6.78. The molecule has 1 amide bonds. The predicted octanol–water partition coefficient (Wildman–Crippen LogP) is 2.28. The van der Waals surface area contributed by atoms with Gasteiger partial charge < -0.3 is 11.1 Å². The van der Waals surface area contributed by atoms with E-state index in [1.54, 1.807) is 11.8 Å². The number of hydrogen-bond donors (Lipinski definition) is 2. The van der Waals surface area contributed by atoms with Gasteiger partial charge in [0.2, 0.25) is 0 Å². The van der Waals surface area contributed by atoms with E-state index in [9.17, 15) is 9.18 Å². The smallest absolute Gasteiger partial charge is 0.251 e. The minimum Gasteiger partial charge on any atom is -0.396 e. The van der Waals surface area contributed by atoms with E-state index >= 15 is 0 Å². The Kier molecular flexibility index (Phi) is 5.28. The second-order valence-corrected chi connectivity index (χ2v) is 4.88. The monoisotopic (exact) mass is 256 g/mol. The number of nitrogen functional groups attached to an aromatic ring is 1. The molecule has 17 heavy (non-hydrogen) atoms. The fourth-order valence-corrected chi connectivity index (χ4v) is 1.95. The number of nitrogens with two attached hydrogens (primary N) is 1. The van der Waals surface area contributed by atoms with Gasteiger partial charge in [0.25, 0.3) is 5.91 Å². The fraction of sp³-hybridized carbons (Fsp3) is 0.417. The zero-order chi connectivity index (χ0) is 12.8. The van der Waals surface area contributed by atoms with Gasteiger partial charge in [-0.05, 0) is 43.6 Å². The summed E-state index contributed by atoms with van der Waals surface area (Å²) in [6.07, 6.45) is 2.93. The van der Waals surface area contributed by atoms with Crippen LogP contribution in [0.1, 0.15) is 23.7 Å². The maximum Gasteiger partial charge on any atom is 0.251 e. The molecule has 94 valence electrons. The molecule has 1 atom stereocenters. The lowest BCUT2D eigenvalue weighted by molar-refractivity contribution is 0.0939. The summed E-state index contributed by atoms with van der Waals surface area (Å²) in [4.78, 5) is 11.8. The number of hydrogen-bond acceptors (Lipinski definition) is 3. The second-order valence-electron chi connectivity index (χ2n) is 3.89. The Bertz CT molecular complexity index is 398. The Morgan fingerprint density at radius 2 is 2.29 bits per heavy atom. The fourth-order valence-electron chi connectivity index (χ4n) is 1.36. The molecule has 0 aliphatic heterocycles. The number of amides is 1. The summed E-state index contributed by atoms with van der Waals surface area (Å²) in [6, 6.07) is 4.09. The lowest BCUT2D eigenvalue weighted by atomic mass is 10.1. The van der Waals surface area contributed by atoms with Crippen LogP contribution < -0.4 is 11.1 Å². The molecular weight excluding hydrogens is 239 g/mol. The largest absolute Gasteiger partial charge is 0.396 e. The van der Waals surface area contributed by atoms with E-state index in [0.29, 0.717) is 5.56 Å². The second kappa shape index (κ2) is 6.49. The molecule has 1 rings (SSSR count). The first kappa shape index (κ1) is 13.8. The number of carbonyl (C=O) groups is 1. The van der Waals surface area contributed by atoms with Crippen molar-refractivity contribution in [2.24, 2.45) is 0 Å². The number of benzene rings is 1. The lowest BCUT2D eigenvalue weighted by Crippen LogP contribution is -2.33. The summed E-state index contributed by atoms with van der Waals surface area (Å²) >= 11 is 1.74. The van der Waals surface area contributed by atoms with Crippen LogP contribution in [-0.4, -0.2) is 24.0 Å². The van der Waals surface area contributed by atoms with Gasteiger partial charge >= 0.3 is 0 Å². The molecular formula is C12H17FN2OS. The molecule has 0 saturated carbocycles. The van der Waals surface area contributed by atoms with Gasteiger partial charge in [0.15, 0.2) is 0 Å². The maximum atomic E-state index is 12.9. The average Bonchev–Trinajstić information content (AvgIpc) is 2.30. The van der Waals surface area contributed by atoms with Crippen molar-refractivity contribution in [3.05, 3.63) is 29.6 Å². The molecule has 1 aromatic carbocycles. The molecule has 0 fully saturated rings. The first-order valence-electron chi connectivity index (χ1n) is 5.39. The van der Waals surface area contributed by atoms with Crippen molar-refractivity contribution in [2.45, 2.75) is 19.4 Å². The van der Waals surface area contributed by atoms with Gasteiger partial charge in [-0.1, -0.05) is 0 Å². The summed E-state index contributed by atoms with van der Waals surface area (Å²) in [5.41, 5.74) is 5.79. The highest BCUT2D eigenvalue weighted by molar-refractivity contribution is 7.98. The Morgan fingerprint density at radius 3 is 2.88 bits per heavy atom. The van der Waals surface area contributed by atoms with Crippen LogP contribution in [0.25, 0.3) is 0 Å². The molecule has 3 N–H and O–H groups in total. The highest BCUT2D eigenvalue weighted by Crippen LogP contribution is 2.12. The molecule has 3 nitrogen and oxygen atoms in total. The lowest BCUT2D eigenvalue weighted by Gasteiger charge is -2.13. The Morgan fingerprint density at radius 1 is 1.59 bits per heavy atom. The van der Waals surface area contributed by atoms with E-state index in [4.69, 9.17) is 5.73 Å². The van der Waals surface area contributed by atoms with Crippen molar-refractivity contribution in [1.29, 1.82) is 0 Å². The van der Waals surface area contributed by atoms with Crippen molar-refractivity contribution in [3.63, 3.8) is 0 Å². The summed E-state index contributed by atoms with van der Waals surface area (Å²) in [6.45, 7) is 1.95. The van der Waals surface area contributed by atoms with Crippen LogP contribution in [0.5, 0.6) is 0 Å². The van der Waals surface area contributed by atoms with Gasteiger partial charge in [0, 0.05) is 11.6 Å². The molecule has 0 aromatic heterocycles. The van der Waals surface area contributed by atoms with E-state index in [1.807, 2.05) is 13.2 Å². The highest BCUT2D eigenvalue weighted by atomic mass is 32.2. The van der Waals surface area contributed by atoms with E-state index in [2.05, 4.69) is 5.32 Å². The Labute approximate surface area is 105 Å². The number of nitrogens with one attached hydrogen (secondary N) is 1. The number of halogens is 1. The van der Waals surface area contributed by atoms with Crippen LogP contribution >= 0.6 is 11.8 Å². The van der Waals surface area contributed by atoms with Crippen molar-refractivity contribution < 1.29 is 9.18 Å². The highest BCUT2D eigenvalue weighted by Gasteiger charge is 2.10. The van der Waals surface area contributed by atoms with E-state index in [0.717, 1.165) is 12.2 Å². The number of rotatable bonds is 5. The van der Waals surface area contributed by atoms with Crippen molar-refractivity contribution in [3.8, 4) is 0 Å². The SMILES string of the molecule is CSCCC(C)NC(=O)c1ccc(F)c(N)c1. The van der Waals surface area contributed by atoms with Gasteiger partial charge in [0.05, 0.1) is 5.69 Å². The third-order valence-electron chi connectivity index (χ3n) is 2.39. The molecule has 1 aromatic rings. The van der Waals surface area contributed by atoms with E-state index in [-0.39, 0.29) is 17.6 Å². The molecule has 0 aliphatic carbocycles. The Balaban J connectivity index is 2.60. The molecule has 0 spiro atoms. The minimum absolute atomic E-state index is 0.00517. The van der Waals surface area contributed by atoms with Gasteiger partial charge in [0.1, 0.15) is 5.82 Å². The third kappa shape index (κ3) is 4.26. The van der Waals surface area contributed by atoms with Crippen LogP contribution in [0.15, 0.2) is 18.2 Å². The van der Waals surface area contributed by atoms with E-state index in [1.165, 1.54) is 18.2 Å².